The van der Waals surface area contributed by atoms with Gasteiger partial charge >= 0.3 is 0 Å². The number of anilines is 1. The van der Waals surface area contributed by atoms with Crippen LogP contribution in [0.5, 0.6) is 0 Å². The first-order chi connectivity index (χ1) is 10.6. The van der Waals surface area contributed by atoms with E-state index >= 15 is 0 Å². The van der Waals surface area contributed by atoms with Crippen LogP contribution in [0.2, 0.25) is 0 Å². The number of amides is 1. The van der Waals surface area contributed by atoms with Crippen molar-refractivity contribution in [1.82, 2.24) is 4.90 Å². The standard InChI is InChI=1S/C15H22N2O5S/c1-3-23(21,22)16-12-6-4-11(5-7-12)14(19)17-9-8-15(2,20)13(18)10-17/h4-7,13,16,18,20H,3,8-10H2,1-2H3/t13-,15+/m0/s1. The summed E-state index contributed by atoms with van der Waals surface area (Å²) in [4.78, 5) is 13.9. The van der Waals surface area contributed by atoms with E-state index in [9.17, 15) is 23.4 Å². The Bertz CT molecular complexity index is 670. The van der Waals surface area contributed by atoms with E-state index in [4.69, 9.17) is 0 Å². The molecule has 1 fully saturated rings. The van der Waals surface area contributed by atoms with Crippen LogP contribution in [0.1, 0.15) is 30.6 Å². The normalized spacial score (nSPS) is 25.2. The second-order valence-corrected chi connectivity index (χ2v) is 7.97. The number of aliphatic hydroxyl groups excluding tert-OH is 1. The predicted molar refractivity (Wildman–Crippen MR) is 86.7 cm³/mol. The molecule has 1 aromatic rings. The van der Waals surface area contributed by atoms with Gasteiger partial charge in [0.25, 0.3) is 5.91 Å². The minimum absolute atomic E-state index is 0.0285. The molecule has 0 radical (unpaired) electrons. The Labute approximate surface area is 136 Å². The zero-order valence-corrected chi connectivity index (χ0v) is 14.0. The monoisotopic (exact) mass is 342 g/mol. The van der Waals surface area contributed by atoms with Crippen LogP contribution in [0, 0.1) is 0 Å². The van der Waals surface area contributed by atoms with Crippen LogP contribution in [-0.4, -0.2) is 60.0 Å². The Kier molecular flexibility index (Phi) is 4.98. The van der Waals surface area contributed by atoms with Crippen molar-refractivity contribution in [2.75, 3.05) is 23.6 Å². The summed E-state index contributed by atoms with van der Waals surface area (Å²) in [5.74, 6) is -0.288. The molecule has 0 saturated carbocycles. The fourth-order valence-corrected chi connectivity index (χ4v) is 2.96. The Morgan fingerprint density at radius 1 is 1.39 bits per heavy atom. The van der Waals surface area contributed by atoms with E-state index in [1.54, 1.807) is 6.92 Å². The van der Waals surface area contributed by atoms with Crippen LogP contribution in [0.25, 0.3) is 0 Å². The van der Waals surface area contributed by atoms with E-state index in [2.05, 4.69) is 4.72 Å². The van der Waals surface area contributed by atoms with Crippen LogP contribution >= 0.6 is 0 Å². The molecule has 0 aromatic heterocycles. The number of sulfonamides is 1. The van der Waals surface area contributed by atoms with Crippen LogP contribution in [0.15, 0.2) is 24.3 Å². The molecule has 7 nitrogen and oxygen atoms in total. The third-order valence-corrected chi connectivity index (χ3v) is 5.38. The van der Waals surface area contributed by atoms with Gasteiger partial charge in [-0.2, -0.15) is 0 Å². The van der Waals surface area contributed by atoms with E-state index in [1.807, 2.05) is 0 Å². The molecule has 2 atom stereocenters. The van der Waals surface area contributed by atoms with E-state index in [0.717, 1.165) is 0 Å². The number of β-amino-alcohol motifs (C(OH)–C–C–N with tert-alkyl or cyclic N) is 1. The number of nitrogens with zero attached hydrogens (tertiary/aromatic N) is 1. The van der Waals surface area contributed by atoms with Crippen molar-refractivity contribution in [3.8, 4) is 0 Å². The summed E-state index contributed by atoms with van der Waals surface area (Å²) in [6.45, 7) is 3.51. The highest BCUT2D eigenvalue weighted by Crippen LogP contribution is 2.23. The number of likely N-dealkylation sites (tertiary alicyclic amines) is 1. The van der Waals surface area contributed by atoms with Gasteiger partial charge in [-0.15, -0.1) is 0 Å². The number of aliphatic hydroxyl groups is 2. The molecule has 0 unspecified atom stereocenters. The Morgan fingerprint density at radius 2 is 2.00 bits per heavy atom. The Balaban J connectivity index is 2.06. The topological polar surface area (TPSA) is 107 Å². The lowest BCUT2D eigenvalue weighted by Gasteiger charge is -2.39. The van der Waals surface area contributed by atoms with Gasteiger partial charge in [0.2, 0.25) is 10.0 Å². The molecule has 1 heterocycles. The number of benzene rings is 1. The summed E-state index contributed by atoms with van der Waals surface area (Å²) in [5, 5.41) is 19.8. The minimum Gasteiger partial charge on any atom is -0.388 e. The molecule has 2 rings (SSSR count). The third-order valence-electron chi connectivity index (χ3n) is 4.07. The number of rotatable bonds is 4. The van der Waals surface area contributed by atoms with Gasteiger partial charge in [0.1, 0.15) is 0 Å². The fraction of sp³-hybridized carbons (Fsp3) is 0.533. The number of carbonyl (C=O) groups excluding carboxylic acids is 1. The van der Waals surface area contributed by atoms with Gasteiger partial charge in [0.15, 0.2) is 0 Å². The molecule has 1 aromatic carbocycles. The first-order valence-corrected chi connectivity index (χ1v) is 9.10. The lowest BCUT2D eigenvalue weighted by molar-refractivity contribution is -0.0999. The summed E-state index contributed by atoms with van der Waals surface area (Å²) in [5.41, 5.74) is -0.387. The molecule has 1 aliphatic heterocycles. The molecule has 3 N–H and O–H groups in total. The smallest absolute Gasteiger partial charge is 0.253 e. The molecular formula is C15H22N2O5S. The van der Waals surface area contributed by atoms with Crippen molar-refractivity contribution in [3.05, 3.63) is 29.8 Å². The molecule has 128 valence electrons. The maximum atomic E-state index is 12.4. The highest BCUT2D eigenvalue weighted by molar-refractivity contribution is 7.92. The van der Waals surface area contributed by atoms with Gasteiger partial charge in [0, 0.05) is 24.3 Å². The average molecular weight is 342 g/mol. The second-order valence-electron chi connectivity index (χ2n) is 5.96. The summed E-state index contributed by atoms with van der Waals surface area (Å²) in [6.07, 6.45) is -0.690. The minimum atomic E-state index is -3.35. The molecule has 23 heavy (non-hydrogen) atoms. The van der Waals surface area contributed by atoms with Crippen molar-refractivity contribution in [3.63, 3.8) is 0 Å². The fourth-order valence-electron chi connectivity index (χ4n) is 2.32. The van der Waals surface area contributed by atoms with E-state index in [-0.39, 0.29) is 18.2 Å². The molecule has 0 spiro atoms. The van der Waals surface area contributed by atoms with Crippen molar-refractivity contribution in [2.24, 2.45) is 0 Å². The van der Waals surface area contributed by atoms with Crippen LogP contribution in [-0.2, 0) is 10.0 Å². The van der Waals surface area contributed by atoms with Crippen LogP contribution < -0.4 is 4.72 Å². The number of hydrogen-bond acceptors (Lipinski definition) is 5. The molecule has 1 aliphatic rings. The van der Waals surface area contributed by atoms with E-state index in [0.29, 0.717) is 24.2 Å². The van der Waals surface area contributed by atoms with Crippen molar-refractivity contribution in [2.45, 2.75) is 32.0 Å². The molecule has 0 bridgehead atoms. The average Bonchev–Trinajstić information content (AvgIpc) is 2.50. The van der Waals surface area contributed by atoms with Gasteiger partial charge in [0.05, 0.1) is 17.5 Å². The first kappa shape index (κ1) is 17.7. The first-order valence-electron chi connectivity index (χ1n) is 7.45. The van der Waals surface area contributed by atoms with Gasteiger partial charge in [-0.25, -0.2) is 8.42 Å². The molecular weight excluding hydrogens is 320 g/mol. The summed E-state index contributed by atoms with van der Waals surface area (Å²) < 4.78 is 25.4. The zero-order valence-electron chi connectivity index (χ0n) is 13.2. The maximum Gasteiger partial charge on any atom is 0.253 e. The lowest BCUT2D eigenvalue weighted by atomic mass is 9.90. The van der Waals surface area contributed by atoms with Gasteiger partial charge in [-0.05, 0) is 44.5 Å². The number of piperidine rings is 1. The van der Waals surface area contributed by atoms with Crippen LogP contribution in [0.3, 0.4) is 0 Å². The van der Waals surface area contributed by atoms with Gasteiger partial charge < -0.3 is 15.1 Å². The summed E-state index contributed by atoms with van der Waals surface area (Å²) >= 11 is 0. The summed E-state index contributed by atoms with van der Waals surface area (Å²) in [6, 6.07) is 6.12. The largest absolute Gasteiger partial charge is 0.388 e. The van der Waals surface area contributed by atoms with Gasteiger partial charge in [-0.1, -0.05) is 0 Å². The van der Waals surface area contributed by atoms with Crippen molar-refractivity contribution in [1.29, 1.82) is 0 Å². The molecule has 8 heteroatoms. The van der Waals surface area contributed by atoms with E-state index in [1.165, 1.54) is 36.1 Å². The van der Waals surface area contributed by atoms with Crippen molar-refractivity contribution < 1.29 is 23.4 Å². The van der Waals surface area contributed by atoms with Crippen molar-refractivity contribution >= 4 is 21.6 Å². The molecule has 0 aliphatic carbocycles. The molecule has 1 amide bonds. The highest BCUT2D eigenvalue weighted by atomic mass is 32.2. The van der Waals surface area contributed by atoms with Crippen LogP contribution in [0.4, 0.5) is 5.69 Å². The quantitative estimate of drug-likeness (QED) is 0.734. The third kappa shape index (κ3) is 4.21. The number of hydrogen-bond donors (Lipinski definition) is 3. The number of nitrogens with one attached hydrogen (secondary N) is 1. The highest BCUT2D eigenvalue weighted by Gasteiger charge is 2.38. The zero-order chi connectivity index (χ0) is 17.3. The molecule has 1 saturated heterocycles. The predicted octanol–water partition coefficient (Wildman–Crippen LogP) is 0.406. The number of carbonyl (C=O) groups is 1. The second kappa shape index (κ2) is 6.46. The van der Waals surface area contributed by atoms with E-state index < -0.39 is 21.7 Å². The Morgan fingerprint density at radius 3 is 2.52 bits per heavy atom. The summed E-state index contributed by atoms with van der Waals surface area (Å²) in [7, 11) is -3.35. The lowest BCUT2D eigenvalue weighted by Crippen LogP contribution is -2.55. The maximum absolute atomic E-state index is 12.4. The van der Waals surface area contributed by atoms with Gasteiger partial charge in [-0.3, -0.25) is 9.52 Å². The Hall–Kier alpha value is -1.64. The SMILES string of the molecule is CCS(=O)(=O)Nc1ccc(C(=O)N2CC[C@@](C)(O)[C@@H](O)C2)cc1.